The van der Waals surface area contributed by atoms with Gasteiger partial charge in [-0.05, 0) is 19.1 Å². The minimum atomic E-state index is -1.08. The number of nitrogens with zero attached hydrogens (tertiary/aromatic N) is 2. The predicted octanol–water partition coefficient (Wildman–Crippen LogP) is 1.43. The van der Waals surface area contributed by atoms with E-state index >= 15 is 0 Å². The molecule has 8 nitrogen and oxygen atoms in total. The van der Waals surface area contributed by atoms with Crippen LogP contribution in [0.3, 0.4) is 0 Å². The summed E-state index contributed by atoms with van der Waals surface area (Å²) in [6.07, 6.45) is -0.153. The molecule has 0 aliphatic carbocycles. The standard InChI is InChI=1S/C13H14N2O6/c1-2-21-9-3-4-10(11(6-9)15(19)20)14-7-8(13(17)18)5-12(14)16/h3-4,6,8H,2,5,7H2,1H3,(H,17,18)/t8-/m1/s1. The molecule has 1 saturated heterocycles. The number of hydrogen-bond acceptors (Lipinski definition) is 5. The number of carboxylic acid groups (broad SMARTS) is 1. The number of hydrogen-bond donors (Lipinski definition) is 1. The van der Waals surface area contributed by atoms with Crippen LogP contribution in [0, 0.1) is 16.0 Å². The Hall–Kier alpha value is -2.64. The molecule has 1 N–H and O–H groups in total. The van der Waals surface area contributed by atoms with Crippen LogP contribution in [0.15, 0.2) is 18.2 Å². The lowest BCUT2D eigenvalue weighted by atomic mass is 10.1. The van der Waals surface area contributed by atoms with Crippen molar-refractivity contribution in [2.45, 2.75) is 13.3 Å². The zero-order valence-corrected chi connectivity index (χ0v) is 11.3. The van der Waals surface area contributed by atoms with Crippen molar-refractivity contribution in [1.29, 1.82) is 0 Å². The summed E-state index contributed by atoms with van der Waals surface area (Å²) in [5.74, 6) is -2.04. The van der Waals surface area contributed by atoms with E-state index in [9.17, 15) is 19.7 Å². The van der Waals surface area contributed by atoms with Crippen molar-refractivity contribution < 1.29 is 24.4 Å². The van der Waals surface area contributed by atoms with E-state index in [4.69, 9.17) is 9.84 Å². The van der Waals surface area contributed by atoms with Gasteiger partial charge in [0.25, 0.3) is 5.69 Å². The molecule has 1 aromatic rings. The highest BCUT2D eigenvalue weighted by molar-refractivity contribution is 6.00. The predicted molar refractivity (Wildman–Crippen MR) is 72.4 cm³/mol. The van der Waals surface area contributed by atoms with Crippen LogP contribution in [-0.4, -0.2) is 35.1 Å². The summed E-state index contributed by atoms with van der Waals surface area (Å²) in [6.45, 7) is 2.05. The van der Waals surface area contributed by atoms with E-state index in [0.29, 0.717) is 12.4 Å². The van der Waals surface area contributed by atoms with Crippen LogP contribution in [0.1, 0.15) is 13.3 Å². The van der Waals surface area contributed by atoms with E-state index < -0.39 is 22.7 Å². The molecule has 1 aliphatic heterocycles. The molecular weight excluding hydrogens is 280 g/mol. The molecule has 0 radical (unpaired) electrons. The van der Waals surface area contributed by atoms with Gasteiger partial charge >= 0.3 is 5.97 Å². The third kappa shape index (κ3) is 2.93. The molecule has 112 valence electrons. The van der Waals surface area contributed by atoms with Crippen molar-refractivity contribution in [1.82, 2.24) is 0 Å². The normalized spacial score (nSPS) is 17.9. The SMILES string of the molecule is CCOc1ccc(N2C[C@H](C(=O)O)CC2=O)c([N+](=O)[O-])c1. The maximum Gasteiger partial charge on any atom is 0.308 e. The molecule has 21 heavy (non-hydrogen) atoms. The van der Waals surface area contributed by atoms with E-state index in [1.54, 1.807) is 6.92 Å². The number of nitro benzene ring substituents is 1. The maximum atomic E-state index is 11.9. The third-order valence-electron chi connectivity index (χ3n) is 3.22. The van der Waals surface area contributed by atoms with Gasteiger partial charge in [-0.3, -0.25) is 19.7 Å². The van der Waals surface area contributed by atoms with E-state index in [1.807, 2.05) is 0 Å². The molecule has 1 heterocycles. The topological polar surface area (TPSA) is 110 Å². The zero-order chi connectivity index (χ0) is 15.6. The summed E-state index contributed by atoms with van der Waals surface area (Å²) < 4.78 is 5.20. The average molecular weight is 294 g/mol. The minimum absolute atomic E-state index is 0.0665. The molecule has 2 rings (SSSR count). The van der Waals surface area contributed by atoms with Gasteiger partial charge in [0.05, 0.1) is 23.5 Å². The molecule has 8 heteroatoms. The molecule has 0 spiro atoms. The number of ether oxygens (including phenoxy) is 1. The molecule has 1 atom stereocenters. The minimum Gasteiger partial charge on any atom is -0.494 e. The van der Waals surface area contributed by atoms with Crippen LogP contribution >= 0.6 is 0 Å². The number of carboxylic acids is 1. The third-order valence-corrected chi connectivity index (χ3v) is 3.22. The van der Waals surface area contributed by atoms with Crippen molar-refractivity contribution in [2.24, 2.45) is 5.92 Å². The van der Waals surface area contributed by atoms with Crippen LogP contribution in [0.25, 0.3) is 0 Å². The first-order valence-electron chi connectivity index (χ1n) is 6.38. The number of benzene rings is 1. The van der Waals surface area contributed by atoms with Crippen molar-refractivity contribution in [2.75, 3.05) is 18.1 Å². The summed E-state index contributed by atoms with van der Waals surface area (Å²) in [5.41, 5.74) is -0.183. The van der Waals surface area contributed by atoms with Gasteiger partial charge in [0, 0.05) is 13.0 Å². The van der Waals surface area contributed by atoms with Gasteiger partial charge in [0.2, 0.25) is 5.91 Å². The van der Waals surface area contributed by atoms with Gasteiger partial charge in [-0.2, -0.15) is 0 Å². The molecular formula is C13H14N2O6. The number of anilines is 1. The van der Waals surface area contributed by atoms with E-state index in [0.717, 1.165) is 4.90 Å². The van der Waals surface area contributed by atoms with Gasteiger partial charge in [0.1, 0.15) is 11.4 Å². The van der Waals surface area contributed by atoms with Crippen LogP contribution in [-0.2, 0) is 9.59 Å². The lowest BCUT2D eigenvalue weighted by molar-refractivity contribution is -0.384. The lowest BCUT2D eigenvalue weighted by Crippen LogP contribution is -2.26. The van der Waals surface area contributed by atoms with Crippen molar-refractivity contribution in [3.63, 3.8) is 0 Å². The molecule has 0 unspecified atom stereocenters. The van der Waals surface area contributed by atoms with Gasteiger partial charge in [-0.15, -0.1) is 0 Å². The summed E-state index contributed by atoms with van der Waals surface area (Å²) in [4.78, 5) is 34.5. The first-order chi connectivity index (χ1) is 9.93. The fourth-order valence-electron chi connectivity index (χ4n) is 2.24. The highest BCUT2D eigenvalue weighted by Gasteiger charge is 2.37. The fraction of sp³-hybridized carbons (Fsp3) is 0.385. The number of carbonyl (C=O) groups is 2. The molecule has 1 fully saturated rings. The summed E-state index contributed by atoms with van der Waals surface area (Å²) >= 11 is 0. The molecule has 0 aromatic heterocycles. The van der Waals surface area contributed by atoms with Crippen molar-refractivity contribution >= 4 is 23.3 Å². The first kappa shape index (κ1) is 14.8. The Morgan fingerprint density at radius 3 is 2.81 bits per heavy atom. The maximum absolute atomic E-state index is 11.9. The van der Waals surface area contributed by atoms with Gasteiger partial charge in [-0.25, -0.2) is 0 Å². The molecule has 0 saturated carbocycles. The molecule has 1 aliphatic rings. The van der Waals surface area contributed by atoms with Gasteiger partial charge < -0.3 is 14.7 Å². The highest BCUT2D eigenvalue weighted by atomic mass is 16.6. The summed E-state index contributed by atoms with van der Waals surface area (Å²) in [5, 5.41) is 20.1. The summed E-state index contributed by atoms with van der Waals surface area (Å²) in [7, 11) is 0. The van der Waals surface area contributed by atoms with Gasteiger partial charge in [0.15, 0.2) is 0 Å². The number of nitro groups is 1. The number of amides is 1. The Morgan fingerprint density at radius 1 is 1.57 bits per heavy atom. The van der Waals surface area contributed by atoms with Crippen LogP contribution in [0.4, 0.5) is 11.4 Å². The van der Waals surface area contributed by atoms with Gasteiger partial charge in [-0.1, -0.05) is 0 Å². The zero-order valence-electron chi connectivity index (χ0n) is 11.3. The second kappa shape index (κ2) is 5.78. The summed E-state index contributed by atoms with van der Waals surface area (Å²) in [6, 6.07) is 4.17. The molecule has 0 bridgehead atoms. The Balaban J connectivity index is 2.37. The van der Waals surface area contributed by atoms with E-state index in [-0.39, 0.29) is 24.3 Å². The second-order valence-corrected chi connectivity index (χ2v) is 4.58. The Kier molecular flexibility index (Phi) is 4.06. The number of carbonyl (C=O) groups excluding carboxylic acids is 1. The quantitative estimate of drug-likeness (QED) is 0.649. The smallest absolute Gasteiger partial charge is 0.308 e. The number of aliphatic carboxylic acids is 1. The fourth-order valence-corrected chi connectivity index (χ4v) is 2.24. The van der Waals surface area contributed by atoms with Crippen LogP contribution in [0.2, 0.25) is 0 Å². The van der Waals surface area contributed by atoms with Crippen molar-refractivity contribution in [3.8, 4) is 5.75 Å². The Morgan fingerprint density at radius 2 is 2.29 bits per heavy atom. The Labute approximate surface area is 120 Å². The number of rotatable bonds is 5. The van der Waals surface area contributed by atoms with Crippen LogP contribution in [0.5, 0.6) is 5.75 Å². The van der Waals surface area contributed by atoms with E-state index in [1.165, 1.54) is 18.2 Å². The largest absolute Gasteiger partial charge is 0.494 e. The highest BCUT2D eigenvalue weighted by Crippen LogP contribution is 2.35. The first-order valence-corrected chi connectivity index (χ1v) is 6.38. The van der Waals surface area contributed by atoms with E-state index in [2.05, 4.69) is 0 Å². The second-order valence-electron chi connectivity index (χ2n) is 4.58. The van der Waals surface area contributed by atoms with Crippen molar-refractivity contribution in [3.05, 3.63) is 28.3 Å². The molecule has 1 amide bonds. The molecule has 1 aromatic carbocycles. The monoisotopic (exact) mass is 294 g/mol. The van der Waals surface area contributed by atoms with Crippen LogP contribution < -0.4 is 9.64 Å². The Bertz CT molecular complexity index is 600. The lowest BCUT2D eigenvalue weighted by Gasteiger charge is -2.16. The average Bonchev–Trinajstić information content (AvgIpc) is 2.81.